The summed E-state index contributed by atoms with van der Waals surface area (Å²) in [4.78, 5) is 17.8. The molecule has 194 valence electrons. The van der Waals surface area contributed by atoms with E-state index in [1.807, 2.05) is 74.0 Å². The predicted molar refractivity (Wildman–Crippen MR) is 149 cm³/mol. The smallest absolute Gasteiger partial charge is 0.251 e. The molecular weight excluding hydrogens is 476 g/mol. The standard InChI is InChI=1S/C31H32N4O3/c1-20(2)27-6-5-14-35-19-28(34-30(27)35)23-9-7-22(8-10-23)16-26(13-15-36)33-31(37)24-11-12-29(38-21(3)4)25(17-24)18-32/h5-12,14,17,19,21,26,36H,1,13,15-16H2,2-4H3,(H,33,37). The Labute approximate surface area is 223 Å². The minimum atomic E-state index is -0.300. The molecule has 1 atom stereocenters. The molecule has 2 aromatic heterocycles. The number of aliphatic hydroxyl groups is 1. The third-order valence-corrected chi connectivity index (χ3v) is 6.21. The number of rotatable bonds is 10. The lowest BCUT2D eigenvalue weighted by Crippen LogP contribution is -2.37. The molecule has 0 bridgehead atoms. The van der Waals surface area contributed by atoms with E-state index in [1.54, 1.807) is 12.1 Å². The third-order valence-electron chi connectivity index (χ3n) is 6.21. The average molecular weight is 509 g/mol. The molecule has 7 heteroatoms. The molecule has 4 rings (SSSR count). The fourth-order valence-corrected chi connectivity index (χ4v) is 4.35. The van der Waals surface area contributed by atoms with E-state index < -0.39 is 0 Å². The molecule has 2 N–H and O–H groups in total. The summed E-state index contributed by atoms with van der Waals surface area (Å²) in [6.07, 6.45) is 4.85. The van der Waals surface area contributed by atoms with Crippen LogP contribution in [-0.2, 0) is 6.42 Å². The lowest BCUT2D eigenvalue weighted by Gasteiger charge is -2.19. The van der Waals surface area contributed by atoms with Gasteiger partial charge in [-0.25, -0.2) is 4.98 Å². The van der Waals surface area contributed by atoms with Crippen LogP contribution in [-0.4, -0.2) is 39.2 Å². The fraction of sp³-hybridized carbons (Fsp3) is 0.258. The number of imidazole rings is 1. The van der Waals surface area contributed by atoms with Crippen molar-refractivity contribution < 1.29 is 14.6 Å². The second-order valence-corrected chi connectivity index (χ2v) is 9.63. The summed E-state index contributed by atoms with van der Waals surface area (Å²) < 4.78 is 7.65. The SMILES string of the molecule is C=C(C)c1cccn2cc(-c3ccc(CC(CCO)NC(=O)c4ccc(OC(C)C)c(C#N)c4)cc3)nc12. The van der Waals surface area contributed by atoms with Crippen molar-refractivity contribution in [1.29, 1.82) is 5.26 Å². The Bertz CT molecular complexity index is 1500. The van der Waals surface area contributed by atoms with Crippen molar-refractivity contribution in [2.24, 2.45) is 0 Å². The van der Waals surface area contributed by atoms with Gasteiger partial charge in [0.15, 0.2) is 0 Å². The number of ether oxygens (including phenoxy) is 1. The maximum atomic E-state index is 13.0. The molecule has 0 saturated heterocycles. The van der Waals surface area contributed by atoms with E-state index in [0.717, 1.165) is 33.6 Å². The molecule has 0 fully saturated rings. The molecule has 2 aromatic carbocycles. The molecule has 0 aliphatic carbocycles. The number of fused-ring (bicyclic) bond motifs is 1. The van der Waals surface area contributed by atoms with Crippen LogP contribution in [0.3, 0.4) is 0 Å². The van der Waals surface area contributed by atoms with E-state index in [2.05, 4.69) is 18.0 Å². The quantitative estimate of drug-likeness (QED) is 0.298. The Morgan fingerprint density at radius 2 is 1.97 bits per heavy atom. The number of carbonyl (C=O) groups excluding carboxylic acids is 1. The van der Waals surface area contributed by atoms with Gasteiger partial charge in [0.25, 0.3) is 5.91 Å². The van der Waals surface area contributed by atoms with Crippen LogP contribution in [0.15, 0.2) is 73.6 Å². The highest BCUT2D eigenvalue weighted by Crippen LogP contribution is 2.25. The first-order chi connectivity index (χ1) is 18.3. The number of hydrogen-bond donors (Lipinski definition) is 2. The highest BCUT2D eigenvalue weighted by Gasteiger charge is 2.17. The molecule has 38 heavy (non-hydrogen) atoms. The molecule has 0 radical (unpaired) electrons. The minimum Gasteiger partial charge on any atom is -0.490 e. The first-order valence-corrected chi connectivity index (χ1v) is 12.6. The molecule has 4 aromatic rings. The molecule has 1 unspecified atom stereocenters. The number of allylic oxidation sites excluding steroid dienone is 1. The Morgan fingerprint density at radius 1 is 1.21 bits per heavy atom. The number of aliphatic hydroxyl groups excluding tert-OH is 1. The van der Waals surface area contributed by atoms with Gasteiger partial charge >= 0.3 is 0 Å². The van der Waals surface area contributed by atoms with Gasteiger partial charge in [-0.15, -0.1) is 0 Å². The van der Waals surface area contributed by atoms with Gasteiger partial charge in [-0.05, 0) is 75.1 Å². The first kappa shape index (κ1) is 26.6. The number of benzene rings is 2. The highest BCUT2D eigenvalue weighted by molar-refractivity contribution is 5.95. The number of amides is 1. The maximum Gasteiger partial charge on any atom is 0.251 e. The fourth-order valence-electron chi connectivity index (χ4n) is 4.35. The largest absolute Gasteiger partial charge is 0.490 e. The number of hydrogen-bond acceptors (Lipinski definition) is 5. The van der Waals surface area contributed by atoms with Gasteiger partial charge in [0, 0.05) is 41.7 Å². The monoisotopic (exact) mass is 508 g/mol. The zero-order valence-electron chi connectivity index (χ0n) is 21.9. The van der Waals surface area contributed by atoms with Gasteiger partial charge in [0.1, 0.15) is 17.5 Å². The van der Waals surface area contributed by atoms with Gasteiger partial charge in [0.2, 0.25) is 0 Å². The van der Waals surface area contributed by atoms with Crippen molar-refractivity contribution >= 4 is 17.1 Å². The summed E-state index contributed by atoms with van der Waals surface area (Å²) in [7, 11) is 0. The average Bonchev–Trinajstić information content (AvgIpc) is 3.33. The third kappa shape index (κ3) is 6.10. The minimum absolute atomic E-state index is 0.0556. The van der Waals surface area contributed by atoms with Crippen molar-refractivity contribution in [3.05, 3.63) is 95.8 Å². The van der Waals surface area contributed by atoms with Crippen molar-refractivity contribution in [2.75, 3.05) is 6.61 Å². The van der Waals surface area contributed by atoms with E-state index in [9.17, 15) is 15.2 Å². The van der Waals surface area contributed by atoms with Crippen LogP contribution in [0, 0.1) is 11.3 Å². The lowest BCUT2D eigenvalue weighted by atomic mass is 10.0. The number of nitriles is 1. The number of nitrogens with zero attached hydrogens (tertiary/aromatic N) is 3. The van der Waals surface area contributed by atoms with Gasteiger partial charge in [-0.3, -0.25) is 4.79 Å². The second-order valence-electron chi connectivity index (χ2n) is 9.63. The van der Waals surface area contributed by atoms with Crippen LogP contribution in [0.25, 0.3) is 22.5 Å². The van der Waals surface area contributed by atoms with Crippen LogP contribution < -0.4 is 10.1 Å². The Morgan fingerprint density at radius 3 is 2.63 bits per heavy atom. The summed E-state index contributed by atoms with van der Waals surface area (Å²) >= 11 is 0. The van der Waals surface area contributed by atoms with E-state index in [1.165, 1.54) is 6.07 Å². The highest BCUT2D eigenvalue weighted by atomic mass is 16.5. The number of nitrogens with one attached hydrogen (secondary N) is 1. The van der Waals surface area contributed by atoms with Crippen molar-refractivity contribution in [1.82, 2.24) is 14.7 Å². The van der Waals surface area contributed by atoms with Crippen LogP contribution in [0.5, 0.6) is 5.75 Å². The van der Waals surface area contributed by atoms with Crippen molar-refractivity contribution in [3.8, 4) is 23.1 Å². The Balaban J connectivity index is 1.48. The van der Waals surface area contributed by atoms with Crippen LogP contribution in [0.4, 0.5) is 0 Å². The summed E-state index contributed by atoms with van der Waals surface area (Å²) in [5, 5.41) is 22.1. The molecule has 2 heterocycles. The van der Waals surface area contributed by atoms with E-state index >= 15 is 0 Å². The summed E-state index contributed by atoms with van der Waals surface area (Å²) in [5.41, 5.74) is 6.40. The predicted octanol–water partition coefficient (Wildman–Crippen LogP) is 5.42. The van der Waals surface area contributed by atoms with Crippen molar-refractivity contribution in [2.45, 2.75) is 45.8 Å². The van der Waals surface area contributed by atoms with Gasteiger partial charge in [0.05, 0.1) is 17.4 Å². The molecule has 0 aliphatic heterocycles. The molecule has 7 nitrogen and oxygen atoms in total. The van der Waals surface area contributed by atoms with Gasteiger partial charge < -0.3 is 19.6 Å². The zero-order valence-corrected chi connectivity index (χ0v) is 21.9. The number of aromatic nitrogens is 2. The maximum absolute atomic E-state index is 13.0. The Hall–Kier alpha value is -4.41. The molecule has 1 amide bonds. The van der Waals surface area contributed by atoms with Crippen LogP contribution >= 0.6 is 0 Å². The topological polar surface area (TPSA) is 99.6 Å². The Kier molecular flexibility index (Phi) is 8.25. The summed E-state index contributed by atoms with van der Waals surface area (Å²) in [5.74, 6) is 0.151. The lowest BCUT2D eigenvalue weighted by molar-refractivity contribution is 0.0930. The second kappa shape index (κ2) is 11.8. The summed E-state index contributed by atoms with van der Waals surface area (Å²) in [6.45, 7) is 9.73. The van der Waals surface area contributed by atoms with Gasteiger partial charge in [-0.2, -0.15) is 5.26 Å². The number of pyridine rings is 1. The van der Waals surface area contributed by atoms with Crippen molar-refractivity contribution in [3.63, 3.8) is 0 Å². The normalized spacial score (nSPS) is 11.8. The van der Waals surface area contributed by atoms with Crippen LogP contribution in [0.2, 0.25) is 0 Å². The molecular formula is C31H32N4O3. The zero-order chi connectivity index (χ0) is 27.2. The van der Waals surface area contributed by atoms with E-state index in [-0.39, 0.29) is 24.7 Å². The molecule has 0 aliphatic rings. The number of carbonyl (C=O) groups is 1. The molecule has 0 saturated carbocycles. The van der Waals surface area contributed by atoms with Crippen LogP contribution in [0.1, 0.15) is 54.2 Å². The molecule has 0 spiro atoms. The van der Waals surface area contributed by atoms with E-state index in [4.69, 9.17) is 9.72 Å². The first-order valence-electron chi connectivity index (χ1n) is 12.6. The van der Waals surface area contributed by atoms with Gasteiger partial charge in [-0.1, -0.05) is 30.8 Å². The summed E-state index contributed by atoms with van der Waals surface area (Å²) in [6, 6.07) is 18.7. The van der Waals surface area contributed by atoms with E-state index in [0.29, 0.717) is 29.7 Å².